The highest BCUT2D eigenvalue weighted by atomic mass is 32.2. The first-order valence-electron chi connectivity index (χ1n) is 9.83. The van der Waals surface area contributed by atoms with Crippen molar-refractivity contribution >= 4 is 21.6 Å². The molecule has 0 unspecified atom stereocenters. The molecule has 3 aliphatic rings. The van der Waals surface area contributed by atoms with Gasteiger partial charge in [0.15, 0.2) is 11.5 Å². The van der Waals surface area contributed by atoms with Gasteiger partial charge in [0.1, 0.15) is 5.60 Å². The fourth-order valence-corrected chi connectivity index (χ4v) is 5.47. The lowest BCUT2D eigenvalue weighted by molar-refractivity contribution is -0.118. The summed E-state index contributed by atoms with van der Waals surface area (Å²) in [7, 11) is -3.84. The number of anilines is 1. The molecular weight excluding hydrogens is 408 g/mol. The van der Waals surface area contributed by atoms with E-state index in [9.17, 15) is 18.3 Å². The third-order valence-corrected chi connectivity index (χ3v) is 7.32. The summed E-state index contributed by atoms with van der Waals surface area (Å²) in [5, 5.41) is 10.9. The number of sulfonamides is 1. The zero-order valence-corrected chi connectivity index (χ0v) is 17.3. The third kappa shape index (κ3) is 3.13. The molecule has 8 nitrogen and oxygen atoms in total. The lowest BCUT2D eigenvalue weighted by Crippen LogP contribution is -2.38. The predicted octanol–water partition coefficient (Wildman–Crippen LogP) is 1.44. The average molecular weight is 430 g/mol. The van der Waals surface area contributed by atoms with Crippen molar-refractivity contribution in [3.05, 3.63) is 47.0 Å². The summed E-state index contributed by atoms with van der Waals surface area (Å²) >= 11 is 0. The van der Waals surface area contributed by atoms with Crippen LogP contribution in [0.2, 0.25) is 0 Å². The topological polar surface area (TPSA) is 105 Å². The van der Waals surface area contributed by atoms with Crippen molar-refractivity contribution in [3.63, 3.8) is 0 Å². The van der Waals surface area contributed by atoms with Gasteiger partial charge in [-0.3, -0.25) is 4.79 Å². The first-order valence-corrected chi connectivity index (χ1v) is 11.3. The highest BCUT2D eigenvalue weighted by molar-refractivity contribution is 7.89. The number of hydrogen-bond acceptors (Lipinski definition) is 6. The number of aliphatic hydroxyl groups is 1. The van der Waals surface area contributed by atoms with E-state index in [-0.39, 0.29) is 24.1 Å². The van der Waals surface area contributed by atoms with E-state index in [1.807, 2.05) is 0 Å². The van der Waals surface area contributed by atoms with Gasteiger partial charge in [0.05, 0.1) is 10.6 Å². The Morgan fingerprint density at radius 2 is 1.83 bits per heavy atom. The third-order valence-electron chi connectivity index (χ3n) is 5.94. The molecule has 0 saturated carbocycles. The Morgan fingerprint density at radius 1 is 1.10 bits per heavy atom. The molecule has 9 heteroatoms. The fourth-order valence-electron chi connectivity index (χ4n) is 4.23. The molecule has 1 atom stereocenters. The quantitative estimate of drug-likeness (QED) is 0.744. The van der Waals surface area contributed by atoms with Gasteiger partial charge in [-0.15, -0.1) is 0 Å². The van der Waals surface area contributed by atoms with Crippen LogP contribution in [-0.4, -0.2) is 39.3 Å². The zero-order valence-electron chi connectivity index (χ0n) is 16.5. The van der Waals surface area contributed by atoms with Crippen LogP contribution in [0.4, 0.5) is 5.69 Å². The Balaban J connectivity index is 1.38. The number of carbonyl (C=O) groups is 1. The number of nitrogens with one attached hydrogen (secondary N) is 1. The molecule has 0 fully saturated rings. The number of fused-ring (bicyclic) bond motifs is 1. The van der Waals surface area contributed by atoms with Gasteiger partial charge in [0.2, 0.25) is 22.7 Å². The van der Waals surface area contributed by atoms with Gasteiger partial charge >= 0.3 is 0 Å². The number of hydrogen-bond donors (Lipinski definition) is 2. The minimum Gasteiger partial charge on any atom is -0.454 e. The number of carbonyl (C=O) groups excluding carboxylic acids is 1. The maximum absolute atomic E-state index is 13.0. The van der Waals surface area contributed by atoms with Gasteiger partial charge in [-0.25, -0.2) is 13.1 Å². The standard InChI is InChI=1S/C21H22N2O6S/c1-21(25,15-3-4-17-18(10-15)29-12-28-17)11-22-30(26,27)16-8-13-2-5-19(24)23-7-6-14(9-16)20(13)23/h3-4,8-10,22,25H,2,5-7,11-12H2,1H3/t21-/m1/s1. The average Bonchev–Trinajstić information content (AvgIpc) is 3.36. The Labute approximate surface area is 174 Å². The second kappa shape index (κ2) is 6.69. The predicted molar refractivity (Wildman–Crippen MR) is 108 cm³/mol. The Morgan fingerprint density at radius 3 is 2.63 bits per heavy atom. The van der Waals surface area contributed by atoms with Gasteiger partial charge in [-0.1, -0.05) is 6.07 Å². The number of aryl methyl sites for hydroxylation is 1. The van der Waals surface area contributed by atoms with E-state index in [2.05, 4.69) is 4.72 Å². The summed E-state index contributed by atoms with van der Waals surface area (Å²) in [6, 6.07) is 8.31. The fraction of sp³-hybridized carbons (Fsp3) is 0.381. The van der Waals surface area contributed by atoms with E-state index < -0.39 is 15.6 Å². The lowest BCUT2D eigenvalue weighted by Gasteiger charge is -2.26. The van der Waals surface area contributed by atoms with Gasteiger partial charge in [-0.2, -0.15) is 0 Å². The summed E-state index contributed by atoms with van der Waals surface area (Å²) < 4.78 is 39.1. The van der Waals surface area contributed by atoms with E-state index in [0.29, 0.717) is 42.9 Å². The maximum atomic E-state index is 13.0. The lowest BCUT2D eigenvalue weighted by atomic mass is 9.96. The second-order valence-electron chi connectivity index (χ2n) is 8.05. The summed E-state index contributed by atoms with van der Waals surface area (Å²) in [6.45, 7) is 2.06. The number of nitrogens with zero attached hydrogens (tertiary/aromatic N) is 1. The van der Waals surface area contributed by atoms with E-state index in [1.165, 1.54) is 0 Å². The van der Waals surface area contributed by atoms with Crippen molar-refractivity contribution in [1.82, 2.24) is 4.72 Å². The summed E-state index contributed by atoms with van der Waals surface area (Å²) in [4.78, 5) is 14.0. The highest BCUT2D eigenvalue weighted by Gasteiger charge is 2.34. The minimum atomic E-state index is -3.84. The van der Waals surface area contributed by atoms with Crippen LogP contribution in [0, 0.1) is 0 Å². The highest BCUT2D eigenvalue weighted by Crippen LogP contribution is 2.39. The van der Waals surface area contributed by atoms with Gasteiger partial charge in [0, 0.05) is 19.5 Å². The van der Waals surface area contributed by atoms with Crippen molar-refractivity contribution in [1.29, 1.82) is 0 Å². The molecule has 0 saturated heterocycles. The SMILES string of the molecule is C[C@@](O)(CNS(=O)(=O)c1cc2c3c(c1)CCN3C(=O)CC2)c1ccc2c(c1)OCO2. The van der Waals surface area contributed by atoms with E-state index in [4.69, 9.17) is 9.47 Å². The van der Waals surface area contributed by atoms with E-state index >= 15 is 0 Å². The maximum Gasteiger partial charge on any atom is 0.240 e. The molecule has 3 heterocycles. The molecule has 1 amide bonds. The van der Waals surface area contributed by atoms with Crippen LogP contribution in [0.15, 0.2) is 35.2 Å². The van der Waals surface area contributed by atoms with Gasteiger partial charge < -0.3 is 19.5 Å². The van der Waals surface area contributed by atoms with Crippen LogP contribution in [0.3, 0.4) is 0 Å². The second-order valence-corrected chi connectivity index (χ2v) is 9.82. The smallest absolute Gasteiger partial charge is 0.240 e. The van der Waals surface area contributed by atoms with Crippen molar-refractivity contribution in [3.8, 4) is 11.5 Å². The molecule has 30 heavy (non-hydrogen) atoms. The van der Waals surface area contributed by atoms with Crippen LogP contribution < -0.4 is 19.1 Å². The summed E-state index contributed by atoms with van der Waals surface area (Å²) in [5.74, 6) is 1.21. The summed E-state index contributed by atoms with van der Waals surface area (Å²) in [6.07, 6.45) is 1.57. The van der Waals surface area contributed by atoms with E-state index in [0.717, 1.165) is 16.8 Å². The normalized spacial score (nSPS) is 19.0. The van der Waals surface area contributed by atoms with Crippen LogP contribution in [0.25, 0.3) is 0 Å². The van der Waals surface area contributed by atoms with Crippen LogP contribution in [0.5, 0.6) is 11.5 Å². The molecule has 0 aliphatic carbocycles. The van der Waals surface area contributed by atoms with Gasteiger partial charge in [0.25, 0.3) is 0 Å². The number of amides is 1. The Hall–Kier alpha value is -2.62. The minimum absolute atomic E-state index is 0.0924. The van der Waals surface area contributed by atoms with Crippen molar-refractivity contribution in [2.24, 2.45) is 0 Å². The monoisotopic (exact) mass is 430 g/mol. The summed E-state index contributed by atoms with van der Waals surface area (Å²) in [5.41, 5.74) is 1.71. The van der Waals surface area contributed by atoms with Crippen LogP contribution in [0.1, 0.15) is 30.0 Å². The molecule has 2 N–H and O–H groups in total. The van der Waals surface area contributed by atoms with Crippen LogP contribution in [-0.2, 0) is 33.3 Å². The molecule has 0 spiro atoms. The first-order chi connectivity index (χ1) is 14.2. The zero-order chi connectivity index (χ0) is 21.1. The number of rotatable bonds is 5. The number of ether oxygens (including phenoxy) is 2. The van der Waals surface area contributed by atoms with Gasteiger partial charge in [-0.05, 0) is 60.7 Å². The van der Waals surface area contributed by atoms with Crippen molar-refractivity contribution in [2.45, 2.75) is 36.7 Å². The molecule has 0 radical (unpaired) electrons. The van der Waals surface area contributed by atoms with Crippen LogP contribution >= 0.6 is 0 Å². The largest absolute Gasteiger partial charge is 0.454 e. The molecule has 5 rings (SSSR count). The first kappa shape index (κ1) is 19.3. The Bertz CT molecular complexity index is 1160. The molecule has 158 valence electrons. The molecule has 0 bridgehead atoms. The van der Waals surface area contributed by atoms with Crippen molar-refractivity contribution < 1.29 is 27.8 Å². The number of benzene rings is 2. The molecule has 2 aromatic rings. The van der Waals surface area contributed by atoms with E-state index in [1.54, 1.807) is 42.2 Å². The molecule has 2 aromatic carbocycles. The molecular formula is C21H22N2O6S. The molecule has 0 aromatic heterocycles. The Kier molecular flexibility index (Phi) is 4.32. The molecule has 3 aliphatic heterocycles. The van der Waals surface area contributed by atoms with Crippen molar-refractivity contribution in [2.75, 3.05) is 24.8 Å².